The summed E-state index contributed by atoms with van der Waals surface area (Å²) in [6.07, 6.45) is 0. The summed E-state index contributed by atoms with van der Waals surface area (Å²) in [6.45, 7) is 4.31. The first-order chi connectivity index (χ1) is 24.6. The van der Waals surface area contributed by atoms with Crippen molar-refractivity contribution >= 4 is 98.4 Å². The van der Waals surface area contributed by atoms with Crippen molar-refractivity contribution < 1.29 is 13.9 Å². The van der Waals surface area contributed by atoms with Crippen LogP contribution in [-0.2, 0) is 0 Å². The van der Waals surface area contributed by atoms with Crippen LogP contribution in [0.15, 0.2) is 126 Å². The van der Waals surface area contributed by atoms with Crippen LogP contribution in [0.4, 0.5) is 0 Å². The molecule has 3 aromatic heterocycles. The van der Waals surface area contributed by atoms with Crippen molar-refractivity contribution in [3.05, 3.63) is 132 Å². The van der Waals surface area contributed by atoms with Crippen LogP contribution >= 0.6 is 11.3 Å². The van der Waals surface area contributed by atoms with Crippen molar-refractivity contribution in [3.8, 4) is 28.7 Å². The number of aromatic nitrogens is 1. The van der Waals surface area contributed by atoms with Crippen LogP contribution in [0.5, 0.6) is 23.0 Å². The number of thiophene rings is 1. The third kappa shape index (κ3) is 3.36. The highest BCUT2D eigenvalue weighted by atomic mass is 32.1. The summed E-state index contributed by atoms with van der Waals surface area (Å²) < 4.78 is 25.4. The predicted molar refractivity (Wildman–Crippen MR) is 208 cm³/mol. The lowest BCUT2D eigenvalue weighted by Crippen LogP contribution is -2.57. The zero-order chi connectivity index (χ0) is 32.8. The quantitative estimate of drug-likeness (QED) is 0.165. The van der Waals surface area contributed by atoms with Crippen LogP contribution < -0.4 is 25.9 Å². The second-order valence-corrected chi connectivity index (χ2v) is 14.8. The van der Waals surface area contributed by atoms with E-state index < -0.39 is 0 Å². The lowest BCUT2D eigenvalue weighted by molar-refractivity contribution is 0.464. The molecule has 0 saturated heterocycles. The van der Waals surface area contributed by atoms with Crippen LogP contribution in [0.2, 0.25) is 0 Å². The molecule has 0 radical (unpaired) electrons. The van der Waals surface area contributed by atoms with Crippen molar-refractivity contribution in [2.75, 3.05) is 0 Å². The Kier molecular flexibility index (Phi) is 5.05. The van der Waals surface area contributed by atoms with Gasteiger partial charge in [0.1, 0.15) is 34.2 Å². The van der Waals surface area contributed by atoms with Crippen LogP contribution in [0.1, 0.15) is 11.1 Å². The molecule has 0 N–H and O–H groups in total. The van der Waals surface area contributed by atoms with Crippen LogP contribution in [0.3, 0.4) is 0 Å². The van der Waals surface area contributed by atoms with Gasteiger partial charge in [0.05, 0.1) is 22.1 Å². The molecule has 2 aliphatic heterocycles. The second kappa shape index (κ2) is 9.38. The first-order valence-corrected chi connectivity index (χ1v) is 17.8. The van der Waals surface area contributed by atoms with E-state index in [1.54, 1.807) is 0 Å². The van der Waals surface area contributed by atoms with E-state index in [0.717, 1.165) is 72.5 Å². The smallest absolute Gasteiger partial charge is 0.260 e. The maximum Gasteiger partial charge on any atom is 0.260 e. The summed E-state index contributed by atoms with van der Waals surface area (Å²) in [4.78, 5) is 0. The summed E-state index contributed by atoms with van der Waals surface area (Å²) in [5.41, 5.74) is 10.9. The molecule has 7 aromatic carbocycles. The lowest BCUT2D eigenvalue weighted by atomic mass is 9.34. The topological polar surface area (TPSA) is 36.5 Å². The number of nitrogens with zero attached hydrogens (tertiary/aromatic N) is 1. The minimum absolute atomic E-state index is 0.0159. The SMILES string of the molecule is Cc1ccc2c(c1)B1c3cc(C)ccc3Oc3cc(-n4c5ccccc5c5c6oc7ccccc7c6c6sc7ccccc7c6c54)cc(c31)O2. The van der Waals surface area contributed by atoms with Gasteiger partial charge in [0, 0.05) is 53.9 Å². The molecule has 0 unspecified atom stereocenters. The number of hydrogen-bond donors (Lipinski definition) is 0. The lowest BCUT2D eigenvalue weighted by Gasteiger charge is -2.33. The molecule has 12 rings (SSSR count). The number of benzene rings is 7. The van der Waals surface area contributed by atoms with Crippen molar-refractivity contribution in [3.63, 3.8) is 0 Å². The first kappa shape index (κ1) is 26.9. The molecule has 0 bridgehead atoms. The number of furan rings is 1. The van der Waals surface area contributed by atoms with Crippen molar-refractivity contribution in [1.29, 1.82) is 0 Å². The van der Waals surface area contributed by atoms with Crippen LogP contribution in [0.25, 0.3) is 69.6 Å². The average Bonchev–Trinajstić information content (AvgIpc) is 3.81. The van der Waals surface area contributed by atoms with Gasteiger partial charge in [-0.15, -0.1) is 11.3 Å². The van der Waals surface area contributed by atoms with Gasteiger partial charge in [-0.1, -0.05) is 90.0 Å². The summed E-state index contributed by atoms with van der Waals surface area (Å²) in [7, 11) is 0. The fraction of sp³-hybridized carbons (Fsp3) is 0.0455. The molecule has 0 fully saturated rings. The molecule has 5 heterocycles. The highest BCUT2D eigenvalue weighted by Gasteiger charge is 2.41. The van der Waals surface area contributed by atoms with Gasteiger partial charge in [-0.2, -0.15) is 0 Å². The van der Waals surface area contributed by atoms with Gasteiger partial charge in [-0.3, -0.25) is 0 Å². The number of hydrogen-bond acceptors (Lipinski definition) is 4. The molecule has 0 aliphatic carbocycles. The Labute approximate surface area is 290 Å². The zero-order valence-corrected chi connectivity index (χ0v) is 28.0. The molecule has 0 saturated carbocycles. The van der Waals surface area contributed by atoms with Gasteiger partial charge in [0.25, 0.3) is 6.71 Å². The Morgan fingerprint density at radius 1 is 0.580 bits per heavy atom. The molecule has 4 nitrogen and oxygen atoms in total. The van der Waals surface area contributed by atoms with Crippen molar-refractivity contribution in [2.24, 2.45) is 0 Å². The summed E-state index contributed by atoms with van der Waals surface area (Å²) in [5.74, 6) is 3.44. The van der Waals surface area contributed by atoms with Crippen LogP contribution in [0, 0.1) is 13.8 Å². The van der Waals surface area contributed by atoms with Crippen LogP contribution in [-0.4, -0.2) is 11.3 Å². The third-order valence-corrected chi connectivity index (χ3v) is 12.0. The van der Waals surface area contributed by atoms with E-state index >= 15 is 0 Å². The molecule has 0 spiro atoms. The summed E-state index contributed by atoms with van der Waals surface area (Å²) in [6, 6.07) is 43.4. The summed E-state index contributed by atoms with van der Waals surface area (Å²) in [5, 5.41) is 7.08. The van der Waals surface area contributed by atoms with E-state index in [0.29, 0.717) is 0 Å². The van der Waals surface area contributed by atoms with Gasteiger partial charge in [-0.25, -0.2) is 0 Å². The number of aryl methyl sites for hydroxylation is 2. The molecule has 234 valence electrons. The minimum Gasteiger partial charge on any atom is -0.458 e. The number of ether oxygens (including phenoxy) is 2. The Morgan fingerprint density at radius 2 is 1.22 bits per heavy atom. The first-order valence-electron chi connectivity index (χ1n) is 17.0. The van der Waals surface area contributed by atoms with Gasteiger partial charge in [-0.05, 0) is 55.1 Å². The fourth-order valence-electron chi connectivity index (χ4n) is 8.74. The Morgan fingerprint density at radius 3 is 1.96 bits per heavy atom. The van der Waals surface area contributed by atoms with Gasteiger partial charge in [0.15, 0.2) is 0 Å². The maximum absolute atomic E-state index is 6.83. The molecular formula is C44H26BNO3S. The highest BCUT2D eigenvalue weighted by molar-refractivity contribution is 7.27. The molecule has 6 heteroatoms. The molecule has 2 aliphatic rings. The van der Waals surface area contributed by atoms with E-state index in [4.69, 9.17) is 13.9 Å². The standard InChI is InChI=1S/C44H26BNO3S/c1-23-15-17-33-29(19-23)45-30-20-24(2)16-18-34(30)48-36-22-25(21-35(47-33)41(36)45)46-31-12-6-3-9-26(31)38-42(46)39-28-11-5-8-14-37(28)50-44(39)40-27-10-4-7-13-32(27)49-43(38)40/h3-22H,1-2H3. The van der Waals surface area contributed by atoms with E-state index in [2.05, 4.69) is 140 Å². The number of para-hydroxylation sites is 2. The van der Waals surface area contributed by atoms with Crippen molar-refractivity contribution in [2.45, 2.75) is 13.8 Å². The summed E-state index contributed by atoms with van der Waals surface area (Å²) >= 11 is 1.84. The minimum atomic E-state index is 0.0159. The number of fused-ring (bicyclic) bond motifs is 16. The molecule has 0 amide bonds. The fourth-order valence-corrected chi connectivity index (χ4v) is 10.00. The maximum atomic E-state index is 6.83. The van der Waals surface area contributed by atoms with E-state index in [-0.39, 0.29) is 6.71 Å². The largest absolute Gasteiger partial charge is 0.458 e. The third-order valence-electron chi connectivity index (χ3n) is 10.8. The van der Waals surface area contributed by atoms with Gasteiger partial charge < -0.3 is 18.5 Å². The van der Waals surface area contributed by atoms with E-state index in [1.165, 1.54) is 47.6 Å². The zero-order valence-electron chi connectivity index (χ0n) is 27.2. The monoisotopic (exact) mass is 659 g/mol. The highest BCUT2D eigenvalue weighted by Crippen LogP contribution is 2.51. The Hall–Kier alpha value is -5.98. The normalized spacial score (nSPS) is 13.3. The average molecular weight is 660 g/mol. The van der Waals surface area contributed by atoms with Crippen molar-refractivity contribution in [1.82, 2.24) is 4.57 Å². The van der Waals surface area contributed by atoms with E-state index in [9.17, 15) is 0 Å². The molecule has 50 heavy (non-hydrogen) atoms. The number of rotatable bonds is 1. The molecule has 0 atom stereocenters. The van der Waals surface area contributed by atoms with E-state index in [1.807, 2.05) is 11.3 Å². The van der Waals surface area contributed by atoms with Gasteiger partial charge >= 0.3 is 0 Å². The molecular weight excluding hydrogens is 633 g/mol. The second-order valence-electron chi connectivity index (χ2n) is 13.8. The Balaban J connectivity index is 1.25. The molecule has 10 aromatic rings. The Bertz CT molecular complexity index is 3040. The van der Waals surface area contributed by atoms with Gasteiger partial charge in [0.2, 0.25) is 0 Å². The predicted octanol–water partition coefficient (Wildman–Crippen LogP) is 10.4.